The molecule has 1 amide bonds. The molecule has 1 saturated heterocycles. The molecule has 0 aromatic heterocycles. The minimum Gasteiger partial charge on any atom is -0.482 e. The maximum Gasteiger partial charge on any atom is 0.341 e. The van der Waals surface area contributed by atoms with E-state index in [9.17, 15) is 9.59 Å². The Morgan fingerprint density at radius 3 is 2.78 bits per heavy atom. The Hall–Kier alpha value is -1.73. The van der Waals surface area contributed by atoms with Gasteiger partial charge in [0.25, 0.3) is 5.91 Å². The largest absolute Gasteiger partial charge is 0.482 e. The fraction of sp³-hybridized carbons (Fsp3) is 0.500. The van der Waals surface area contributed by atoms with Crippen LogP contribution in [0.4, 0.5) is 0 Å². The highest BCUT2D eigenvalue weighted by atomic mass is 32.2. The zero-order valence-electron chi connectivity index (χ0n) is 13.0. The first-order chi connectivity index (χ1) is 11.0. The van der Waals surface area contributed by atoms with E-state index in [2.05, 4.69) is 11.6 Å². The van der Waals surface area contributed by atoms with Gasteiger partial charge in [0.15, 0.2) is 6.61 Å². The summed E-state index contributed by atoms with van der Waals surface area (Å²) in [5.74, 6) is -0.877. The van der Waals surface area contributed by atoms with Crippen molar-refractivity contribution in [2.24, 2.45) is 0 Å². The lowest BCUT2D eigenvalue weighted by molar-refractivity contribution is -0.139. The number of thioether (sulfide) groups is 1. The predicted molar refractivity (Wildman–Crippen MR) is 88.2 cm³/mol. The number of rotatable bonds is 7. The Labute approximate surface area is 139 Å². The van der Waals surface area contributed by atoms with Crippen LogP contribution in [-0.4, -0.2) is 54.4 Å². The first kappa shape index (κ1) is 17.6. The molecular weight excluding hydrogens is 318 g/mol. The molecule has 23 heavy (non-hydrogen) atoms. The Bertz CT molecular complexity index is 557. The summed E-state index contributed by atoms with van der Waals surface area (Å²) >= 11 is 1.76. The van der Waals surface area contributed by atoms with Crippen molar-refractivity contribution in [2.75, 3.05) is 32.6 Å². The van der Waals surface area contributed by atoms with E-state index in [1.807, 2.05) is 0 Å². The van der Waals surface area contributed by atoms with Crippen LogP contribution in [0.15, 0.2) is 24.3 Å². The van der Waals surface area contributed by atoms with Crippen LogP contribution in [0.1, 0.15) is 23.2 Å². The van der Waals surface area contributed by atoms with Crippen molar-refractivity contribution in [1.82, 2.24) is 5.32 Å². The summed E-state index contributed by atoms with van der Waals surface area (Å²) in [7, 11) is 0. The van der Waals surface area contributed by atoms with Crippen LogP contribution in [0.2, 0.25) is 0 Å². The third kappa shape index (κ3) is 5.14. The number of hydrogen-bond acceptors (Lipinski definition) is 5. The van der Waals surface area contributed by atoms with Crippen molar-refractivity contribution >= 4 is 23.6 Å². The van der Waals surface area contributed by atoms with E-state index in [1.165, 1.54) is 0 Å². The normalized spacial score (nSPS) is 16.6. The average molecular weight is 339 g/mol. The average Bonchev–Trinajstić information content (AvgIpc) is 2.59. The second kappa shape index (κ2) is 8.21. The van der Waals surface area contributed by atoms with Gasteiger partial charge < -0.3 is 19.9 Å². The molecule has 1 aromatic carbocycles. The topological polar surface area (TPSA) is 84.9 Å². The van der Waals surface area contributed by atoms with Crippen LogP contribution in [-0.2, 0) is 9.53 Å². The summed E-state index contributed by atoms with van der Waals surface area (Å²) in [6.45, 7) is 1.58. The molecule has 0 spiro atoms. The highest BCUT2D eigenvalue weighted by Crippen LogP contribution is 2.33. The molecule has 1 aliphatic rings. The molecule has 0 atom stereocenters. The molecule has 0 unspecified atom stereocenters. The summed E-state index contributed by atoms with van der Waals surface area (Å²) in [4.78, 5) is 22.8. The molecule has 7 heteroatoms. The second-order valence-corrected chi connectivity index (χ2v) is 6.67. The van der Waals surface area contributed by atoms with Crippen molar-refractivity contribution < 1.29 is 24.2 Å². The lowest BCUT2D eigenvalue weighted by Gasteiger charge is -2.35. The van der Waals surface area contributed by atoms with E-state index in [-0.39, 0.29) is 10.7 Å². The molecule has 1 fully saturated rings. The maximum atomic E-state index is 12.3. The quantitative estimate of drug-likeness (QED) is 0.788. The summed E-state index contributed by atoms with van der Waals surface area (Å²) in [6, 6.07) is 6.53. The van der Waals surface area contributed by atoms with Crippen molar-refractivity contribution in [3.8, 4) is 5.75 Å². The van der Waals surface area contributed by atoms with Gasteiger partial charge in [-0.25, -0.2) is 4.79 Å². The smallest absolute Gasteiger partial charge is 0.341 e. The molecule has 1 aliphatic heterocycles. The number of carboxylic acid groups (broad SMARTS) is 1. The highest BCUT2D eigenvalue weighted by Gasteiger charge is 2.32. The lowest BCUT2D eigenvalue weighted by Crippen LogP contribution is -2.44. The van der Waals surface area contributed by atoms with Gasteiger partial charge in [0.05, 0.1) is 0 Å². The van der Waals surface area contributed by atoms with Gasteiger partial charge in [-0.1, -0.05) is 6.07 Å². The second-order valence-electron chi connectivity index (χ2n) is 5.39. The number of carbonyl (C=O) groups excluding carboxylic acids is 1. The fourth-order valence-electron chi connectivity index (χ4n) is 2.41. The van der Waals surface area contributed by atoms with Gasteiger partial charge in [-0.3, -0.25) is 4.79 Å². The number of carboxylic acids is 1. The van der Waals surface area contributed by atoms with E-state index in [0.29, 0.717) is 17.9 Å². The lowest BCUT2D eigenvalue weighted by atomic mass is 9.99. The number of benzene rings is 1. The van der Waals surface area contributed by atoms with Crippen molar-refractivity contribution in [1.29, 1.82) is 0 Å². The Morgan fingerprint density at radius 2 is 2.13 bits per heavy atom. The van der Waals surface area contributed by atoms with Crippen LogP contribution >= 0.6 is 11.8 Å². The highest BCUT2D eigenvalue weighted by molar-refractivity contribution is 8.00. The maximum absolute atomic E-state index is 12.3. The van der Waals surface area contributed by atoms with Crippen molar-refractivity contribution in [3.63, 3.8) is 0 Å². The first-order valence-corrected chi connectivity index (χ1v) is 8.63. The van der Waals surface area contributed by atoms with E-state index >= 15 is 0 Å². The number of ether oxygens (including phenoxy) is 2. The first-order valence-electron chi connectivity index (χ1n) is 7.40. The minimum atomic E-state index is -1.05. The minimum absolute atomic E-state index is 0.0192. The molecule has 0 radical (unpaired) electrons. The summed E-state index contributed by atoms with van der Waals surface area (Å²) in [5.41, 5.74) is 0.455. The van der Waals surface area contributed by atoms with Gasteiger partial charge in [-0.05, 0) is 37.3 Å². The zero-order chi connectivity index (χ0) is 16.7. The van der Waals surface area contributed by atoms with Crippen molar-refractivity contribution in [3.05, 3.63) is 29.8 Å². The van der Waals surface area contributed by atoms with Gasteiger partial charge in [0.1, 0.15) is 5.75 Å². The molecule has 0 aliphatic carbocycles. The van der Waals surface area contributed by atoms with Crippen LogP contribution in [0.5, 0.6) is 5.75 Å². The third-order valence-electron chi connectivity index (χ3n) is 3.87. The van der Waals surface area contributed by atoms with Crippen LogP contribution < -0.4 is 10.1 Å². The van der Waals surface area contributed by atoms with Gasteiger partial charge in [-0.2, -0.15) is 11.8 Å². The zero-order valence-corrected chi connectivity index (χ0v) is 13.9. The standard InChI is InChI=1S/C16H21NO5S/c1-23-16(5-7-21-8-6-16)11-17-15(20)12-3-2-4-13(9-12)22-10-14(18)19/h2-4,9H,5-8,10-11H2,1H3,(H,17,20)(H,18,19). The van der Waals surface area contributed by atoms with Gasteiger partial charge in [0.2, 0.25) is 0 Å². The molecular formula is C16H21NO5S. The SMILES string of the molecule is CSC1(CNC(=O)c2cccc(OCC(=O)O)c2)CCOCC1. The Morgan fingerprint density at radius 1 is 1.39 bits per heavy atom. The Balaban J connectivity index is 1.94. The predicted octanol–water partition coefficient (Wildman–Crippen LogP) is 1.79. The number of carbonyl (C=O) groups is 2. The van der Waals surface area contributed by atoms with Crippen LogP contribution in [0, 0.1) is 0 Å². The molecule has 0 saturated carbocycles. The molecule has 1 aromatic rings. The van der Waals surface area contributed by atoms with Crippen LogP contribution in [0.25, 0.3) is 0 Å². The third-order valence-corrected chi connectivity index (χ3v) is 5.29. The Kier molecular flexibility index (Phi) is 6.29. The molecule has 2 rings (SSSR count). The van der Waals surface area contributed by atoms with Gasteiger partial charge in [-0.15, -0.1) is 0 Å². The summed E-state index contributed by atoms with van der Waals surface area (Å²) in [5, 5.41) is 11.6. The fourth-order valence-corrected chi connectivity index (χ4v) is 3.20. The number of hydrogen-bond donors (Lipinski definition) is 2. The summed E-state index contributed by atoms with van der Waals surface area (Å²) in [6.07, 6.45) is 3.88. The monoisotopic (exact) mass is 339 g/mol. The van der Waals surface area contributed by atoms with E-state index < -0.39 is 12.6 Å². The summed E-state index contributed by atoms with van der Waals surface area (Å²) < 4.78 is 10.5. The number of amides is 1. The van der Waals surface area contributed by atoms with E-state index in [0.717, 1.165) is 26.1 Å². The molecule has 126 valence electrons. The number of aliphatic carboxylic acids is 1. The molecule has 6 nitrogen and oxygen atoms in total. The molecule has 1 heterocycles. The van der Waals surface area contributed by atoms with Crippen molar-refractivity contribution in [2.45, 2.75) is 17.6 Å². The molecule has 0 bridgehead atoms. The van der Waals surface area contributed by atoms with Gasteiger partial charge in [0, 0.05) is 30.1 Å². The molecule has 2 N–H and O–H groups in total. The van der Waals surface area contributed by atoms with Crippen LogP contribution in [0.3, 0.4) is 0 Å². The van der Waals surface area contributed by atoms with Gasteiger partial charge >= 0.3 is 5.97 Å². The van der Waals surface area contributed by atoms with E-state index in [4.69, 9.17) is 14.6 Å². The van der Waals surface area contributed by atoms with E-state index in [1.54, 1.807) is 36.0 Å². The number of nitrogens with one attached hydrogen (secondary N) is 1.